The van der Waals surface area contributed by atoms with Gasteiger partial charge in [-0.05, 0) is 18.6 Å². The molecule has 0 aliphatic rings. The number of fused-ring (bicyclic) bond motifs is 1. The number of H-pyrrole nitrogens is 1. The number of methoxy groups -OCH3 is 2. The monoisotopic (exact) mass is 276 g/mol. The van der Waals surface area contributed by atoms with E-state index in [0.29, 0.717) is 6.42 Å². The average molecular weight is 276 g/mol. The molecule has 0 fully saturated rings. The number of rotatable bonds is 6. The van der Waals surface area contributed by atoms with Gasteiger partial charge in [0, 0.05) is 31.3 Å². The normalized spacial score (nSPS) is 12.8. The maximum atomic E-state index is 12.1. The van der Waals surface area contributed by atoms with Crippen molar-refractivity contribution in [2.24, 2.45) is 0 Å². The number of benzene rings is 1. The van der Waals surface area contributed by atoms with Crippen LogP contribution in [0.25, 0.3) is 10.9 Å². The smallest absolute Gasteiger partial charge is 0.224 e. The van der Waals surface area contributed by atoms with E-state index in [1.165, 1.54) is 0 Å². The molecule has 1 heterocycles. The van der Waals surface area contributed by atoms with Gasteiger partial charge in [0.1, 0.15) is 0 Å². The maximum absolute atomic E-state index is 12.1. The Morgan fingerprint density at radius 2 is 2.00 bits per heavy atom. The molecular formula is C15H20N2O3. The van der Waals surface area contributed by atoms with Crippen LogP contribution in [0.5, 0.6) is 0 Å². The molecule has 1 amide bonds. The molecule has 2 aromatic rings. The zero-order valence-corrected chi connectivity index (χ0v) is 12.0. The Kier molecular flexibility index (Phi) is 4.76. The minimum absolute atomic E-state index is 0.0543. The lowest BCUT2D eigenvalue weighted by Crippen LogP contribution is -2.43. The standard InChI is InChI=1S/C15H20N2O3/c1-10(15(19-2)20-3)17-14(18)8-11-9-16-13-7-5-4-6-12(11)13/h4-7,9-10,15-16H,8H2,1-3H3,(H,17,18). The van der Waals surface area contributed by atoms with Crippen LogP contribution in [0.1, 0.15) is 12.5 Å². The molecule has 0 spiro atoms. The van der Waals surface area contributed by atoms with Crippen LogP contribution in [-0.2, 0) is 20.7 Å². The van der Waals surface area contributed by atoms with Crippen molar-refractivity contribution in [1.82, 2.24) is 10.3 Å². The molecule has 5 heteroatoms. The molecule has 108 valence electrons. The molecule has 1 aromatic carbocycles. The van der Waals surface area contributed by atoms with E-state index >= 15 is 0 Å². The van der Waals surface area contributed by atoms with E-state index in [4.69, 9.17) is 9.47 Å². The summed E-state index contributed by atoms with van der Waals surface area (Å²) in [6.45, 7) is 1.85. The van der Waals surface area contributed by atoms with Gasteiger partial charge in [-0.25, -0.2) is 0 Å². The fourth-order valence-corrected chi connectivity index (χ4v) is 2.33. The fraction of sp³-hybridized carbons (Fsp3) is 0.400. The van der Waals surface area contributed by atoms with Crippen molar-refractivity contribution in [2.45, 2.75) is 25.7 Å². The number of ether oxygens (including phenoxy) is 2. The third kappa shape index (κ3) is 3.18. The molecular weight excluding hydrogens is 256 g/mol. The van der Waals surface area contributed by atoms with Crippen molar-refractivity contribution in [3.8, 4) is 0 Å². The lowest BCUT2D eigenvalue weighted by Gasteiger charge is -2.22. The topological polar surface area (TPSA) is 63.4 Å². The van der Waals surface area contributed by atoms with Crippen molar-refractivity contribution in [1.29, 1.82) is 0 Å². The quantitative estimate of drug-likeness (QED) is 0.791. The Balaban J connectivity index is 2.01. The number of nitrogens with one attached hydrogen (secondary N) is 2. The highest BCUT2D eigenvalue weighted by atomic mass is 16.7. The van der Waals surface area contributed by atoms with Crippen molar-refractivity contribution >= 4 is 16.8 Å². The molecule has 1 atom stereocenters. The number of para-hydroxylation sites is 1. The molecule has 1 unspecified atom stereocenters. The lowest BCUT2D eigenvalue weighted by atomic mass is 10.1. The summed E-state index contributed by atoms with van der Waals surface area (Å²) >= 11 is 0. The summed E-state index contributed by atoms with van der Waals surface area (Å²) in [7, 11) is 3.10. The van der Waals surface area contributed by atoms with Gasteiger partial charge in [0.2, 0.25) is 5.91 Å². The number of hydrogen-bond acceptors (Lipinski definition) is 3. The average Bonchev–Trinajstić information content (AvgIpc) is 2.83. The molecule has 0 radical (unpaired) electrons. The highest BCUT2D eigenvalue weighted by Crippen LogP contribution is 2.18. The lowest BCUT2D eigenvalue weighted by molar-refractivity contribution is -0.135. The van der Waals surface area contributed by atoms with Gasteiger partial charge >= 0.3 is 0 Å². The fourth-order valence-electron chi connectivity index (χ4n) is 2.33. The number of hydrogen-bond donors (Lipinski definition) is 2. The van der Waals surface area contributed by atoms with E-state index < -0.39 is 6.29 Å². The van der Waals surface area contributed by atoms with Gasteiger partial charge in [-0.2, -0.15) is 0 Å². The van der Waals surface area contributed by atoms with E-state index in [9.17, 15) is 4.79 Å². The van der Waals surface area contributed by atoms with E-state index in [1.54, 1.807) is 14.2 Å². The second kappa shape index (κ2) is 6.54. The molecule has 20 heavy (non-hydrogen) atoms. The first-order valence-electron chi connectivity index (χ1n) is 6.55. The zero-order chi connectivity index (χ0) is 14.5. The van der Waals surface area contributed by atoms with Crippen LogP contribution in [0.2, 0.25) is 0 Å². The summed E-state index contributed by atoms with van der Waals surface area (Å²) in [5.41, 5.74) is 2.02. The first-order valence-corrected chi connectivity index (χ1v) is 6.55. The highest BCUT2D eigenvalue weighted by Gasteiger charge is 2.18. The number of carbonyl (C=O) groups excluding carboxylic acids is 1. The van der Waals surface area contributed by atoms with Gasteiger partial charge in [-0.1, -0.05) is 18.2 Å². The van der Waals surface area contributed by atoms with E-state index in [1.807, 2.05) is 37.4 Å². The number of aromatic nitrogens is 1. The second-order valence-electron chi connectivity index (χ2n) is 4.73. The summed E-state index contributed by atoms with van der Waals surface area (Å²) in [6.07, 6.45) is 1.76. The van der Waals surface area contributed by atoms with Gasteiger partial charge in [0.25, 0.3) is 0 Å². The molecule has 5 nitrogen and oxygen atoms in total. The number of carbonyl (C=O) groups is 1. The van der Waals surface area contributed by atoms with Gasteiger partial charge in [-0.3, -0.25) is 4.79 Å². The Morgan fingerprint density at radius 3 is 2.70 bits per heavy atom. The van der Waals surface area contributed by atoms with Crippen molar-refractivity contribution < 1.29 is 14.3 Å². The van der Waals surface area contributed by atoms with E-state index in [2.05, 4.69) is 10.3 Å². The Labute approximate surface area is 118 Å². The third-order valence-corrected chi connectivity index (χ3v) is 3.29. The zero-order valence-electron chi connectivity index (χ0n) is 12.0. The summed E-state index contributed by atoms with van der Waals surface area (Å²) < 4.78 is 10.2. The largest absolute Gasteiger partial charge is 0.361 e. The van der Waals surface area contributed by atoms with Crippen LogP contribution in [0.15, 0.2) is 30.5 Å². The first kappa shape index (κ1) is 14.6. The SMILES string of the molecule is COC(OC)C(C)NC(=O)Cc1c[nH]c2ccccc12. The van der Waals surface area contributed by atoms with Crippen LogP contribution >= 0.6 is 0 Å². The van der Waals surface area contributed by atoms with Crippen LogP contribution in [-0.4, -0.2) is 37.4 Å². The van der Waals surface area contributed by atoms with Gasteiger partial charge in [0.05, 0.1) is 12.5 Å². The Morgan fingerprint density at radius 1 is 1.30 bits per heavy atom. The predicted octanol–water partition coefficient (Wildman–Crippen LogP) is 1.83. The Bertz CT molecular complexity index is 575. The summed E-state index contributed by atoms with van der Waals surface area (Å²) in [4.78, 5) is 15.2. The first-order chi connectivity index (χ1) is 9.65. The summed E-state index contributed by atoms with van der Waals surface area (Å²) in [5, 5.41) is 3.96. The molecule has 2 rings (SSSR count). The van der Waals surface area contributed by atoms with Gasteiger partial charge in [-0.15, -0.1) is 0 Å². The third-order valence-electron chi connectivity index (χ3n) is 3.29. The predicted molar refractivity (Wildman–Crippen MR) is 77.4 cm³/mol. The molecule has 1 aromatic heterocycles. The van der Waals surface area contributed by atoms with Crippen molar-refractivity contribution in [3.63, 3.8) is 0 Å². The highest BCUT2D eigenvalue weighted by molar-refractivity contribution is 5.88. The van der Waals surface area contributed by atoms with Crippen LogP contribution in [0.4, 0.5) is 0 Å². The molecule has 0 saturated carbocycles. The minimum atomic E-state index is -0.443. The molecule has 0 aliphatic heterocycles. The van der Waals surface area contributed by atoms with Crippen molar-refractivity contribution in [2.75, 3.05) is 14.2 Å². The second-order valence-corrected chi connectivity index (χ2v) is 4.73. The number of aromatic amines is 1. The van der Waals surface area contributed by atoms with E-state index in [-0.39, 0.29) is 11.9 Å². The molecule has 2 N–H and O–H groups in total. The van der Waals surface area contributed by atoms with Crippen LogP contribution in [0, 0.1) is 0 Å². The van der Waals surface area contributed by atoms with Gasteiger partial charge in [0.15, 0.2) is 6.29 Å². The van der Waals surface area contributed by atoms with Crippen LogP contribution < -0.4 is 5.32 Å². The summed E-state index contributed by atoms with van der Waals surface area (Å²) in [5.74, 6) is -0.0543. The Hall–Kier alpha value is -1.85. The number of amides is 1. The maximum Gasteiger partial charge on any atom is 0.224 e. The molecule has 0 bridgehead atoms. The van der Waals surface area contributed by atoms with E-state index in [0.717, 1.165) is 16.5 Å². The van der Waals surface area contributed by atoms with Crippen LogP contribution in [0.3, 0.4) is 0 Å². The van der Waals surface area contributed by atoms with Crippen molar-refractivity contribution in [3.05, 3.63) is 36.0 Å². The molecule has 0 saturated heterocycles. The molecule has 0 aliphatic carbocycles. The minimum Gasteiger partial charge on any atom is -0.361 e. The summed E-state index contributed by atoms with van der Waals surface area (Å²) in [6, 6.07) is 7.72. The van der Waals surface area contributed by atoms with Gasteiger partial charge < -0.3 is 19.8 Å².